The highest BCUT2D eigenvalue weighted by Crippen LogP contribution is 2.30. The number of nitrogens with zero attached hydrogens (tertiary/aromatic N) is 1. The zero-order valence-electron chi connectivity index (χ0n) is 13.0. The maximum atomic E-state index is 11.8. The summed E-state index contributed by atoms with van der Waals surface area (Å²) in [5.74, 6) is 1.34. The molecule has 1 saturated heterocycles. The summed E-state index contributed by atoms with van der Waals surface area (Å²) < 4.78 is 23.5. The van der Waals surface area contributed by atoms with Crippen LogP contribution in [-0.4, -0.2) is 56.5 Å². The number of rotatable bonds is 5. The molecule has 1 saturated carbocycles. The molecule has 20 heavy (non-hydrogen) atoms. The van der Waals surface area contributed by atoms with Gasteiger partial charge in [-0.05, 0) is 25.7 Å². The minimum atomic E-state index is -2.85. The predicted molar refractivity (Wildman–Crippen MR) is 83.7 cm³/mol. The van der Waals surface area contributed by atoms with Gasteiger partial charge in [0.2, 0.25) is 0 Å². The van der Waals surface area contributed by atoms with Crippen molar-refractivity contribution in [2.45, 2.75) is 58.0 Å². The summed E-state index contributed by atoms with van der Waals surface area (Å²) >= 11 is 0. The van der Waals surface area contributed by atoms with Crippen LogP contribution in [0.15, 0.2) is 0 Å². The van der Waals surface area contributed by atoms with Crippen LogP contribution >= 0.6 is 0 Å². The molecular weight excluding hydrogens is 272 g/mol. The van der Waals surface area contributed by atoms with Gasteiger partial charge in [-0.15, -0.1) is 0 Å². The molecule has 1 aliphatic carbocycles. The van der Waals surface area contributed by atoms with Gasteiger partial charge in [0.1, 0.15) is 0 Å². The van der Waals surface area contributed by atoms with Crippen LogP contribution in [0.5, 0.6) is 0 Å². The lowest BCUT2D eigenvalue weighted by molar-refractivity contribution is 0.0810. The van der Waals surface area contributed by atoms with Crippen molar-refractivity contribution in [2.75, 3.05) is 31.1 Å². The first-order chi connectivity index (χ1) is 9.52. The lowest BCUT2D eigenvalue weighted by Crippen LogP contribution is -2.59. The number of nitrogens with one attached hydrogen (secondary N) is 1. The first-order valence-electron chi connectivity index (χ1n) is 8.19. The molecule has 0 radical (unpaired) electrons. The Kier molecular flexibility index (Phi) is 5.87. The van der Waals surface area contributed by atoms with Gasteiger partial charge in [0.05, 0.1) is 5.75 Å². The van der Waals surface area contributed by atoms with Crippen molar-refractivity contribution in [1.29, 1.82) is 0 Å². The molecule has 2 aliphatic rings. The van der Waals surface area contributed by atoms with Gasteiger partial charge >= 0.3 is 0 Å². The Bertz CT molecular complexity index is 391. The Morgan fingerprint density at radius 1 is 1.20 bits per heavy atom. The Labute approximate surface area is 124 Å². The number of piperazine rings is 1. The van der Waals surface area contributed by atoms with E-state index in [2.05, 4.69) is 17.1 Å². The summed E-state index contributed by atoms with van der Waals surface area (Å²) in [6.45, 7) is 6.66. The van der Waals surface area contributed by atoms with Crippen molar-refractivity contribution in [1.82, 2.24) is 10.2 Å². The summed E-state index contributed by atoms with van der Waals surface area (Å²) in [5, 5.41) is 3.58. The topological polar surface area (TPSA) is 49.4 Å². The molecule has 0 aromatic rings. The SMILES string of the molecule is CCS(=O)(=O)CCN1CC(C)NCC1C1CCCCC1. The highest BCUT2D eigenvalue weighted by molar-refractivity contribution is 7.91. The monoisotopic (exact) mass is 302 g/mol. The van der Waals surface area contributed by atoms with E-state index < -0.39 is 9.84 Å². The van der Waals surface area contributed by atoms with Crippen molar-refractivity contribution in [3.63, 3.8) is 0 Å². The van der Waals surface area contributed by atoms with E-state index in [1.165, 1.54) is 32.1 Å². The molecule has 1 heterocycles. The van der Waals surface area contributed by atoms with Gasteiger partial charge in [-0.3, -0.25) is 4.90 Å². The van der Waals surface area contributed by atoms with Crippen LogP contribution in [0.4, 0.5) is 0 Å². The van der Waals surface area contributed by atoms with Gasteiger partial charge in [-0.2, -0.15) is 0 Å². The fourth-order valence-electron chi connectivity index (χ4n) is 3.64. The van der Waals surface area contributed by atoms with Crippen molar-refractivity contribution in [3.8, 4) is 0 Å². The van der Waals surface area contributed by atoms with Gasteiger partial charge in [0, 0.05) is 37.5 Å². The number of hydrogen-bond donors (Lipinski definition) is 1. The molecule has 2 unspecified atom stereocenters. The maximum Gasteiger partial charge on any atom is 0.151 e. The largest absolute Gasteiger partial charge is 0.311 e. The molecule has 0 aromatic carbocycles. The fraction of sp³-hybridized carbons (Fsp3) is 1.00. The maximum absolute atomic E-state index is 11.8. The predicted octanol–water partition coefficient (Wildman–Crippen LogP) is 1.66. The molecule has 2 rings (SSSR count). The average Bonchev–Trinajstić information content (AvgIpc) is 2.46. The fourth-order valence-corrected chi connectivity index (χ4v) is 4.45. The van der Waals surface area contributed by atoms with E-state index in [9.17, 15) is 8.42 Å². The second-order valence-electron chi connectivity index (χ2n) is 6.51. The normalized spacial score (nSPS) is 30.5. The third kappa shape index (κ3) is 4.43. The third-order valence-electron chi connectivity index (χ3n) is 4.98. The van der Waals surface area contributed by atoms with Crippen molar-refractivity contribution in [2.24, 2.45) is 5.92 Å². The Morgan fingerprint density at radius 2 is 1.90 bits per heavy atom. The second-order valence-corrected chi connectivity index (χ2v) is 8.98. The summed E-state index contributed by atoms with van der Waals surface area (Å²) in [6, 6.07) is 1.01. The molecule has 4 nitrogen and oxygen atoms in total. The van der Waals surface area contributed by atoms with E-state index >= 15 is 0 Å². The van der Waals surface area contributed by atoms with Crippen LogP contribution in [0.3, 0.4) is 0 Å². The van der Waals surface area contributed by atoms with Crippen molar-refractivity contribution < 1.29 is 8.42 Å². The van der Waals surface area contributed by atoms with Crippen LogP contribution in [-0.2, 0) is 9.84 Å². The average molecular weight is 302 g/mol. The third-order valence-corrected chi connectivity index (χ3v) is 6.66. The standard InChI is InChI=1S/C15H30N2O2S/c1-3-20(18,19)10-9-17-12-13(2)16-11-15(17)14-7-5-4-6-8-14/h13-16H,3-12H2,1-2H3. The number of hydrogen-bond acceptors (Lipinski definition) is 4. The molecular formula is C15H30N2O2S. The zero-order chi connectivity index (χ0) is 14.6. The summed E-state index contributed by atoms with van der Waals surface area (Å²) in [7, 11) is -2.85. The summed E-state index contributed by atoms with van der Waals surface area (Å²) in [5.41, 5.74) is 0. The minimum Gasteiger partial charge on any atom is -0.311 e. The Morgan fingerprint density at radius 3 is 2.55 bits per heavy atom. The van der Waals surface area contributed by atoms with Crippen LogP contribution in [0.1, 0.15) is 46.0 Å². The molecule has 1 aliphatic heterocycles. The van der Waals surface area contributed by atoms with E-state index in [1.54, 1.807) is 6.92 Å². The van der Waals surface area contributed by atoms with E-state index in [1.807, 2.05) is 0 Å². The second kappa shape index (κ2) is 7.23. The van der Waals surface area contributed by atoms with Crippen LogP contribution in [0.2, 0.25) is 0 Å². The lowest BCUT2D eigenvalue weighted by atomic mass is 9.82. The molecule has 118 valence electrons. The summed E-state index contributed by atoms with van der Waals surface area (Å²) in [6.07, 6.45) is 6.70. The molecule has 5 heteroatoms. The van der Waals surface area contributed by atoms with Crippen LogP contribution < -0.4 is 5.32 Å². The van der Waals surface area contributed by atoms with Crippen molar-refractivity contribution in [3.05, 3.63) is 0 Å². The quantitative estimate of drug-likeness (QED) is 0.839. The van der Waals surface area contributed by atoms with Crippen LogP contribution in [0, 0.1) is 5.92 Å². The Balaban J connectivity index is 1.96. The minimum absolute atomic E-state index is 0.267. The van der Waals surface area contributed by atoms with Gasteiger partial charge in [0.15, 0.2) is 9.84 Å². The number of sulfone groups is 1. The van der Waals surface area contributed by atoms with E-state index in [0.29, 0.717) is 24.4 Å². The molecule has 0 spiro atoms. The van der Waals surface area contributed by atoms with E-state index in [4.69, 9.17) is 0 Å². The van der Waals surface area contributed by atoms with E-state index in [0.717, 1.165) is 19.0 Å². The van der Waals surface area contributed by atoms with Gasteiger partial charge in [0.25, 0.3) is 0 Å². The van der Waals surface area contributed by atoms with Gasteiger partial charge < -0.3 is 5.32 Å². The molecule has 1 N–H and O–H groups in total. The van der Waals surface area contributed by atoms with Crippen LogP contribution in [0.25, 0.3) is 0 Å². The van der Waals surface area contributed by atoms with Crippen molar-refractivity contribution >= 4 is 9.84 Å². The molecule has 2 atom stereocenters. The van der Waals surface area contributed by atoms with Gasteiger partial charge in [-0.25, -0.2) is 8.42 Å². The first kappa shape index (κ1) is 16.2. The Hall–Kier alpha value is -0.130. The highest BCUT2D eigenvalue weighted by Gasteiger charge is 2.33. The van der Waals surface area contributed by atoms with Gasteiger partial charge in [-0.1, -0.05) is 26.2 Å². The molecule has 0 aromatic heterocycles. The molecule has 0 amide bonds. The highest BCUT2D eigenvalue weighted by atomic mass is 32.2. The zero-order valence-corrected chi connectivity index (χ0v) is 13.8. The first-order valence-corrected chi connectivity index (χ1v) is 10.0. The smallest absolute Gasteiger partial charge is 0.151 e. The van der Waals surface area contributed by atoms with E-state index in [-0.39, 0.29) is 5.75 Å². The molecule has 2 fully saturated rings. The molecule has 0 bridgehead atoms. The lowest BCUT2D eigenvalue weighted by Gasteiger charge is -2.44. The summed E-state index contributed by atoms with van der Waals surface area (Å²) in [4.78, 5) is 2.45.